The highest BCUT2D eigenvalue weighted by Crippen LogP contribution is 2.26. The third-order valence-electron chi connectivity index (χ3n) is 7.27. The zero-order chi connectivity index (χ0) is 26.0. The molecule has 3 amide bonds. The molecule has 36 heavy (non-hydrogen) atoms. The molecule has 0 spiro atoms. The summed E-state index contributed by atoms with van der Waals surface area (Å²) in [4.78, 5) is 50.9. The zero-order valence-corrected chi connectivity index (χ0v) is 21.8. The Morgan fingerprint density at radius 2 is 1.78 bits per heavy atom. The van der Waals surface area contributed by atoms with Crippen LogP contribution in [0.4, 0.5) is 4.79 Å². The van der Waals surface area contributed by atoms with E-state index in [0.29, 0.717) is 12.3 Å². The van der Waals surface area contributed by atoms with Crippen molar-refractivity contribution in [3.8, 4) is 0 Å². The molecule has 1 aromatic heterocycles. The molecule has 196 valence electrons. The van der Waals surface area contributed by atoms with E-state index in [4.69, 9.17) is 4.74 Å². The van der Waals surface area contributed by atoms with Gasteiger partial charge in [-0.15, -0.1) is 0 Å². The maximum absolute atomic E-state index is 12.9. The number of likely N-dealkylation sites (tertiary alicyclic amines) is 1. The SMILES string of the molecule is Cn1c(=O)n(C2CCC(=O)NC2=O)c2ccc(CCCCC3CCN(C(=O)OC(C)(C)C)CC3)cc21. The third kappa shape index (κ3) is 5.82. The number of imide groups is 1. The number of amides is 3. The Bertz CT molecular complexity index is 1200. The van der Waals surface area contributed by atoms with Crippen molar-refractivity contribution in [2.75, 3.05) is 13.1 Å². The molecule has 2 fully saturated rings. The number of unbranched alkanes of at least 4 members (excludes halogenated alkanes) is 1. The van der Waals surface area contributed by atoms with Gasteiger partial charge in [0.2, 0.25) is 11.8 Å². The lowest BCUT2D eigenvalue weighted by molar-refractivity contribution is -0.135. The van der Waals surface area contributed by atoms with E-state index in [2.05, 4.69) is 5.32 Å². The lowest BCUT2D eigenvalue weighted by atomic mass is 9.91. The number of aromatic nitrogens is 2. The Labute approximate surface area is 211 Å². The molecule has 1 N–H and O–H groups in total. The van der Waals surface area contributed by atoms with E-state index in [1.165, 1.54) is 10.1 Å². The molecule has 0 bridgehead atoms. The summed E-state index contributed by atoms with van der Waals surface area (Å²) in [6.45, 7) is 7.19. The summed E-state index contributed by atoms with van der Waals surface area (Å²) in [7, 11) is 1.72. The molecule has 2 aromatic rings. The van der Waals surface area contributed by atoms with Crippen molar-refractivity contribution >= 4 is 28.9 Å². The number of carbonyl (C=O) groups excluding carboxylic acids is 3. The van der Waals surface area contributed by atoms with Crippen LogP contribution in [-0.2, 0) is 27.8 Å². The van der Waals surface area contributed by atoms with E-state index >= 15 is 0 Å². The molecule has 0 saturated carbocycles. The van der Waals surface area contributed by atoms with Crippen molar-refractivity contribution in [3.63, 3.8) is 0 Å². The minimum absolute atomic E-state index is 0.211. The zero-order valence-electron chi connectivity index (χ0n) is 21.8. The van der Waals surface area contributed by atoms with Gasteiger partial charge in [-0.05, 0) is 76.5 Å². The summed E-state index contributed by atoms with van der Waals surface area (Å²) in [5.41, 5.74) is 1.98. The number of benzene rings is 1. The average molecular weight is 499 g/mol. The molecular weight excluding hydrogens is 460 g/mol. The normalized spacial score (nSPS) is 19.6. The van der Waals surface area contributed by atoms with Crippen LogP contribution < -0.4 is 11.0 Å². The van der Waals surface area contributed by atoms with Crippen LogP contribution in [0.15, 0.2) is 23.0 Å². The van der Waals surface area contributed by atoms with Gasteiger partial charge in [0, 0.05) is 26.6 Å². The Morgan fingerprint density at radius 1 is 1.06 bits per heavy atom. The van der Waals surface area contributed by atoms with Gasteiger partial charge >= 0.3 is 11.8 Å². The van der Waals surface area contributed by atoms with E-state index in [1.54, 1.807) is 11.6 Å². The number of carbonyl (C=O) groups is 3. The highest BCUT2D eigenvalue weighted by molar-refractivity contribution is 6.00. The van der Waals surface area contributed by atoms with Crippen molar-refractivity contribution in [2.24, 2.45) is 13.0 Å². The number of aryl methyl sites for hydroxylation is 2. The smallest absolute Gasteiger partial charge is 0.410 e. The largest absolute Gasteiger partial charge is 0.444 e. The maximum Gasteiger partial charge on any atom is 0.410 e. The number of hydrogen-bond donors (Lipinski definition) is 1. The summed E-state index contributed by atoms with van der Waals surface area (Å²) in [5.74, 6) is -0.0724. The van der Waals surface area contributed by atoms with Crippen molar-refractivity contribution in [1.82, 2.24) is 19.4 Å². The van der Waals surface area contributed by atoms with E-state index in [9.17, 15) is 19.2 Å². The van der Waals surface area contributed by atoms with Crippen LogP contribution in [-0.4, -0.2) is 50.6 Å². The van der Waals surface area contributed by atoms with Crippen molar-refractivity contribution < 1.29 is 19.1 Å². The van der Waals surface area contributed by atoms with Gasteiger partial charge in [0.05, 0.1) is 11.0 Å². The number of nitrogens with zero attached hydrogens (tertiary/aromatic N) is 3. The molecule has 2 aliphatic heterocycles. The first-order chi connectivity index (χ1) is 17.0. The van der Waals surface area contributed by atoms with Gasteiger partial charge in [-0.25, -0.2) is 9.59 Å². The fourth-order valence-electron chi connectivity index (χ4n) is 5.29. The Kier molecular flexibility index (Phi) is 7.57. The number of hydrogen-bond acceptors (Lipinski definition) is 5. The molecule has 2 aliphatic rings. The molecular formula is C27H38N4O5. The summed E-state index contributed by atoms with van der Waals surface area (Å²) in [6, 6.07) is 5.33. The predicted octanol–water partition coefficient (Wildman–Crippen LogP) is 3.68. The van der Waals surface area contributed by atoms with Crippen molar-refractivity contribution in [1.29, 1.82) is 0 Å². The van der Waals surface area contributed by atoms with E-state index in [0.717, 1.165) is 62.6 Å². The highest BCUT2D eigenvalue weighted by atomic mass is 16.6. The van der Waals surface area contributed by atoms with Crippen LogP contribution in [0.5, 0.6) is 0 Å². The Morgan fingerprint density at radius 3 is 2.44 bits per heavy atom. The van der Waals surface area contributed by atoms with E-state index in [1.807, 2.05) is 43.9 Å². The molecule has 1 aromatic carbocycles. The van der Waals surface area contributed by atoms with Gasteiger partial charge in [0.1, 0.15) is 11.6 Å². The van der Waals surface area contributed by atoms with Gasteiger partial charge in [0.25, 0.3) is 0 Å². The van der Waals surface area contributed by atoms with E-state index in [-0.39, 0.29) is 24.1 Å². The molecule has 3 heterocycles. The first-order valence-electron chi connectivity index (χ1n) is 13.0. The Balaban J connectivity index is 1.29. The van der Waals surface area contributed by atoms with Gasteiger partial charge in [-0.2, -0.15) is 0 Å². The monoisotopic (exact) mass is 498 g/mol. The quantitative estimate of drug-likeness (QED) is 0.484. The topological polar surface area (TPSA) is 103 Å². The third-order valence-corrected chi connectivity index (χ3v) is 7.27. The first kappa shape index (κ1) is 26.0. The Hall–Kier alpha value is -3.10. The second-order valence-electron chi connectivity index (χ2n) is 11.2. The van der Waals surface area contributed by atoms with Gasteiger partial charge in [-0.3, -0.25) is 24.0 Å². The highest BCUT2D eigenvalue weighted by Gasteiger charge is 2.31. The van der Waals surface area contributed by atoms with Crippen molar-refractivity contribution in [2.45, 2.75) is 83.8 Å². The van der Waals surface area contributed by atoms with Gasteiger partial charge < -0.3 is 9.64 Å². The molecule has 0 radical (unpaired) electrons. The molecule has 0 aliphatic carbocycles. The maximum atomic E-state index is 12.9. The van der Waals surface area contributed by atoms with Crippen LogP contribution in [0.1, 0.15) is 77.3 Å². The van der Waals surface area contributed by atoms with Crippen molar-refractivity contribution in [3.05, 3.63) is 34.2 Å². The second-order valence-corrected chi connectivity index (χ2v) is 11.2. The molecule has 1 unspecified atom stereocenters. The van der Waals surface area contributed by atoms with Crippen LogP contribution in [0.25, 0.3) is 11.0 Å². The van der Waals surface area contributed by atoms with Crippen LogP contribution in [0, 0.1) is 5.92 Å². The number of fused-ring (bicyclic) bond motifs is 1. The van der Waals surface area contributed by atoms with Gasteiger partial charge in [-0.1, -0.05) is 18.9 Å². The lowest BCUT2D eigenvalue weighted by Crippen LogP contribution is -2.44. The molecule has 9 heteroatoms. The fourth-order valence-corrected chi connectivity index (χ4v) is 5.29. The predicted molar refractivity (Wildman–Crippen MR) is 137 cm³/mol. The molecule has 9 nitrogen and oxygen atoms in total. The molecule has 2 saturated heterocycles. The standard InChI is InChI=1S/C27H38N4O5/c1-27(2,3)36-26(35)30-15-13-18(14-16-30)7-5-6-8-19-9-10-20-22(17-19)29(4)25(34)31(20)21-11-12-23(32)28-24(21)33/h9-10,17-18,21H,5-8,11-16H2,1-4H3,(H,28,32,33). The summed E-state index contributed by atoms with van der Waals surface area (Å²) < 4.78 is 8.59. The summed E-state index contributed by atoms with van der Waals surface area (Å²) in [6.07, 6.45) is 6.63. The number of nitrogens with one attached hydrogen (secondary N) is 1. The minimum atomic E-state index is -0.661. The minimum Gasteiger partial charge on any atom is -0.444 e. The number of ether oxygens (including phenoxy) is 1. The number of piperidine rings is 2. The van der Waals surface area contributed by atoms with E-state index < -0.39 is 17.6 Å². The second kappa shape index (κ2) is 10.5. The van der Waals surface area contributed by atoms with Crippen LogP contribution in [0.3, 0.4) is 0 Å². The summed E-state index contributed by atoms with van der Waals surface area (Å²) >= 11 is 0. The van der Waals surface area contributed by atoms with Crippen LogP contribution in [0.2, 0.25) is 0 Å². The fraction of sp³-hybridized carbons (Fsp3) is 0.630. The lowest BCUT2D eigenvalue weighted by Gasteiger charge is -2.33. The molecule has 1 atom stereocenters. The number of rotatable bonds is 6. The van der Waals surface area contributed by atoms with Crippen LogP contribution >= 0.6 is 0 Å². The molecule has 4 rings (SSSR count). The average Bonchev–Trinajstić information content (AvgIpc) is 3.06. The van der Waals surface area contributed by atoms with Gasteiger partial charge in [0.15, 0.2) is 0 Å². The number of imidazole rings is 1. The summed E-state index contributed by atoms with van der Waals surface area (Å²) in [5, 5.41) is 2.35. The first-order valence-corrected chi connectivity index (χ1v) is 13.0.